The van der Waals surface area contributed by atoms with Gasteiger partial charge in [0.2, 0.25) is 0 Å². The van der Waals surface area contributed by atoms with E-state index in [9.17, 15) is 0 Å². The maximum atomic E-state index is 6.49. The molecule has 1 heterocycles. The lowest BCUT2D eigenvalue weighted by Gasteiger charge is -2.24. The molecule has 1 aliphatic heterocycles. The summed E-state index contributed by atoms with van der Waals surface area (Å²) in [4.78, 5) is 0. The van der Waals surface area contributed by atoms with Gasteiger partial charge in [0, 0.05) is 18.6 Å². The number of fused-ring (bicyclic) bond motifs is 1. The Morgan fingerprint density at radius 3 is 2.85 bits per heavy atom. The molecule has 0 amide bonds. The van der Waals surface area contributed by atoms with E-state index >= 15 is 0 Å². The molecule has 1 aliphatic rings. The number of rotatable bonds is 4. The Kier molecular flexibility index (Phi) is 4.04. The Labute approximate surface area is 120 Å². The van der Waals surface area contributed by atoms with E-state index in [1.807, 2.05) is 0 Å². The highest BCUT2D eigenvalue weighted by atomic mass is 16.5. The molecule has 2 heteroatoms. The highest BCUT2D eigenvalue weighted by molar-refractivity contribution is 5.85. The van der Waals surface area contributed by atoms with Crippen LogP contribution in [0.1, 0.15) is 25.3 Å². The Morgan fingerprint density at radius 1 is 1.20 bits per heavy atom. The lowest BCUT2D eigenvalue weighted by Crippen LogP contribution is -2.37. The SMILES string of the molecule is CCC1OCCC1C(N)Cc1cccc2ccccc12. The first-order valence-corrected chi connectivity index (χ1v) is 7.63. The van der Waals surface area contributed by atoms with Gasteiger partial charge in [-0.05, 0) is 35.6 Å². The zero-order valence-electron chi connectivity index (χ0n) is 12.1. The second-order valence-corrected chi connectivity index (χ2v) is 5.78. The van der Waals surface area contributed by atoms with Crippen molar-refractivity contribution in [2.75, 3.05) is 6.61 Å². The van der Waals surface area contributed by atoms with Crippen molar-refractivity contribution in [1.29, 1.82) is 0 Å². The molecule has 20 heavy (non-hydrogen) atoms. The normalized spacial score (nSPS) is 24.1. The van der Waals surface area contributed by atoms with Gasteiger partial charge >= 0.3 is 0 Å². The molecule has 0 saturated carbocycles. The average molecular weight is 269 g/mol. The molecule has 0 aromatic heterocycles. The highest BCUT2D eigenvalue weighted by Gasteiger charge is 2.31. The van der Waals surface area contributed by atoms with Crippen LogP contribution >= 0.6 is 0 Å². The molecule has 2 N–H and O–H groups in total. The Balaban J connectivity index is 1.82. The third kappa shape index (κ3) is 2.58. The number of hydrogen-bond donors (Lipinski definition) is 1. The summed E-state index contributed by atoms with van der Waals surface area (Å²) in [5, 5.41) is 2.63. The lowest BCUT2D eigenvalue weighted by molar-refractivity contribution is 0.0814. The van der Waals surface area contributed by atoms with Crippen LogP contribution < -0.4 is 5.73 Å². The van der Waals surface area contributed by atoms with Crippen LogP contribution in [0.15, 0.2) is 42.5 Å². The number of hydrogen-bond acceptors (Lipinski definition) is 2. The fourth-order valence-electron chi connectivity index (χ4n) is 3.45. The van der Waals surface area contributed by atoms with Gasteiger partial charge in [-0.15, -0.1) is 0 Å². The predicted molar refractivity (Wildman–Crippen MR) is 83.8 cm³/mol. The molecule has 0 aliphatic carbocycles. The van der Waals surface area contributed by atoms with Gasteiger partial charge < -0.3 is 10.5 Å². The van der Waals surface area contributed by atoms with E-state index in [4.69, 9.17) is 10.5 Å². The summed E-state index contributed by atoms with van der Waals surface area (Å²) in [5.41, 5.74) is 7.85. The molecule has 1 fully saturated rings. The molecule has 2 aromatic carbocycles. The predicted octanol–water partition coefficient (Wildman–Crippen LogP) is 3.52. The van der Waals surface area contributed by atoms with Crippen LogP contribution in [0.2, 0.25) is 0 Å². The minimum absolute atomic E-state index is 0.188. The number of benzene rings is 2. The third-order valence-corrected chi connectivity index (χ3v) is 4.55. The fourth-order valence-corrected chi connectivity index (χ4v) is 3.45. The van der Waals surface area contributed by atoms with E-state index in [0.717, 1.165) is 25.9 Å². The molecule has 0 bridgehead atoms. The monoisotopic (exact) mass is 269 g/mol. The van der Waals surface area contributed by atoms with Crippen molar-refractivity contribution in [3.05, 3.63) is 48.0 Å². The first kappa shape index (κ1) is 13.6. The minimum atomic E-state index is 0.188. The largest absolute Gasteiger partial charge is 0.378 e. The second-order valence-electron chi connectivity index (χ2n) is 5.78. The van der Waals surface area contributed by atoms with E-state index in [-0.39, 0.29) is 6.04 Å². The topological polar surface area (TPSA) is 35.2 Å². The fraction of sp³-hybridized carbons (Fsp3) is 0.444. The van der Waals surface area contributed by atoms with Crippen LogP contribution in [-0.2, 0) is 11.2 Å². The van der Waals surface area contributed by atoms with Gasteiger partial charge in [-0.25, -0.2) is 0 Å². The summed E-state index contributed by atoms with van der Waals surface area (Å²) in [6, 6.07) is 15.2. The summed E-state index contributed by atoms with van der Waals surface area (Å²) in [6.07, 6.45) is 3.45. The van der Waals surface area contributed by atoms with Crippen molar-refractivity contribution in [3.63, 3.8) is 0 Å². The number of ether oxygens (including phenoxy) is 1. The van der Waals surface area contributed by atoms with Gasteiger partial charge in [-0.1, -0.05) is 49.4 Å². The summed E-state index contributed by atoms with van der Waals surface area (Å²) >= 11 is 0. The third-order valence-electron chi connectivity index (χ3n) is 4.55. The molecule has 2 aromatic rings. The van der Waals surface area contributed by atoms with E-state index in [2.05, 4.69) is 49.4 Å². The maximum absolute atomic E-state index is 6.49. The van der Waals surface area contributed by atoms with E-state index in [0.29, 0.717) is 12.0 Å². The summed E-state index contributed by atoms with van der Waals surface area (Å²) in [7, 11) is 0. The van der Waals surface area contributed by atoms with Gasteiger partial charge in [0.05, 0.1) is 6.10 Å². The van der Waals surface area contributed by atoms with E-state index in [1.165, 1.54) is 16.3 Å². The molecular weight excluding hydrogens is 246 g/mol. The van der Waals surface area contributed by atoms with Crippen LogP contribution in [-0.4, -0.2) is 18.8 Å². The van der Waals surface area contributed by atoms with Crippen LogP contribution in [0.3, 0.4) is 0 Å². The smallest absolute Gasteiger partial charge is 0.0616 e. The quantitative estimate of drug-likeness (QED) is 0.921. The van der Waals surface area contributed by atoms with Gasteiger partial charge in [0.15, 0.2) is 0 Å². The molecule has 3 atom stereocenters. The average Bonchev–Trinajstić information content (AvgIpc) is 2.96. The summed E-state index contributed by atoms with van der Waals surface area (Å²) in [6.45, 7) is 3.06. The molecule has 2 nitrogen and oxygen atoms in total. The van der Waals surface area contributed by atoms with Crippen molar-refractivity contribution in [2.45, 2.75) is 38.3 Å². The van der Waals surface area contributed by atoms with Crippen molar-refractivity contribution in [1.82, 2.24) is 0 Å². The zero-order chi connectivity index (χ0) is 13.9. The van der Waals surface area contributed by atoms with Crippen LogP contribution in [0.4, 0.5) is 0 Å². The first-order valence-electron chi connectivity index (χ1n) is 7.63. The van der Waals surface area contributed by atoms with Gasteiger partial charge in [0.25, 0.3) is 0 Å². The minimum Gasteiger partial charge on any atom is -0.378 e. The highest BCUT2D eigenvalue weighted by Crippen LogP contribution is 2.28. The Bertz CT molecular complexity index is 575. The lowest BCUT2D eigenvalue weighted by atomic mass is 9.87. The molecular formula is C18H23NO. The Hall–Kier alpha value is -1.38. The standard InChI is InChI=1S/C18H23NO/c1-2-18-16(10-11-20-18)17(19)12-14-8-5-7-13-6-3-4-9-15(13)14/h3-9,16-18H,2,10-12,19H2,1H3. The Morgan fingerprint density at radius 2 is 2.00 bits per heavy atom. The van der Waals surface area contributed by atoms with E-state index < -0.39 is 0 Å². The molecule has 3 unspecified atom stereocenters. The summed E-state index contributed by atoms with van der Waals surface area (Å²) in [5.74, 6) is 0.499. The van der Waals surface area contributed by atoms with Crippen LogP contribution in [0.25, 0.3) is 10.8 Å². The van der Waals surface area contributed by atoms with E-state index in [1.54, 1.807) is 0 Å². The van der Waals surface area contributed by atoms with Gasteiger partial charge in [-0.2, -0.15) is 0 Å². The van der Waals surface area contributed by atoms with Gasteiger partial charge in [-0.3, -0.25) is 0 Å². The van der Waals surface area contributed by atoms with Crippen molar-refractivity contribution in [3.8, 4) is 0 Å². The maximum Gasteiger partial charge on any atom is 0.0616 e. The molecule has 0 spiro atoms. The molecule has 3 rings (SSSR count). The van der Waals surface area contributed by atoms with Crippen molar-refractivity contribution < 1.29 is 4.74 Å². The zero-order valence-corrected chi connectivity index (χ0v) is 12.1. The van der Waals surface area contributed by atoms with Crippen molar-refractivity contribution in [2.24, 2.45) is 11.7 Å². The molecule has 106 valence electrons. The summed E-state index contributed by atoms with van der Waals surface area (Å²) < 4.78 is 5.78. The first-order chi connectivity index (χ1) is 9.79. The molecule has 0 radical (unpaired) electrons. The van der Waals surface area contributed by atoms with Crippen molar-refractivity contribution >= 4 is 10.8 Å². The van der Waals surface area contributed by atoms with Crippen LogP contribution in [0.5, 0.6) is 0 Å². The van der Waals surface area contributed by atoms with Gasteiger partial charge in [0.1, 0.15) is 0 Å². The number of nitrogens with two attached hydrogens (primary N) is 1. The van der Waals surface area contributed by atoms with Crippen LogP contribution in [0, 0.1) is 5.92 Å². The second kappa shape index (κ2) is 5.94. The molecule has 1 saturated heterocycles.